The van der Waals surface area contributed by atoms with E-state index in [0.717, 1.165) is 24.4 Å². The van der Waals surface area contributed by atoms with E-state index in [1.807, 2.05) is 30.3 Å². The molecule has 1 atom stereocenters. The molecule has 4 rings (SSSR count). The first kappa shape index (κ1) is 17.0. The number of halogens is 1. The molecule has 2 aliphatic heterocycles. The van der Waals surface area contributed by atoms with Gasteiger partial charge in [0, 0.05) is 30.6 Å². The lowest BCUT2D eigenvalue weighted by atomic mass is 9.99. The van der Waals surface area contributed by atoms with E-state index in [0.29, 0.717) is 23.3 Å². The predicted octanol–water partition coefficient (Wildman–Crippen LogP) is 2.67. The number of oxime groups is 1. The molecule has 2 aromatic carbocycles. The molecule has 26 heavy (non-hydrogen) atoms. The second-order valence-corrected chi connectivity index (χ2v) is 6.83. The fourth-order valence-corrected chi connectivity index (χ4v) is 3.25. The van der Waals surface area contributed by atoms with E-state index in [1.165, 1.54) is 6.07 Å². The average molecular weight is 356 g/mol. The standard InChI is InChI=1S/C20H21FN2O3/c1-23-10-17(11-23)25-15-5-2-13(3-6-15)18-7-4-14(8-19(18)21)20-9-16(12-24)26-22-20/h2-8,16-17,24H,9-12H2,1H3/t16-/m1/s1. The molecule has 5 nitrogen and oxygen atoms in total. The van der Waals surface area contributed by atoms with Crippen LogP contribution in [-0.4, -0.2) is 54.7 Å². The Balaban J connectivity index is 1.47. The molecule has 1 N–H and O–H groups in total. The number of ether oxygens (including phenoxy) is 1. The molecule has 136 valence electrons. The van der Waals surface area contributed by atoms with Crippen molar-refractivity contribution in [2.75, 3.05) is 26.7 Å². The molecule has 1 fully saturated rings. The first-order valence-corrected chi connectivity index (χ1v) is 8.71. The topological polar surface area (TPSA) is 54.3 Å². The molecule has 2 heterocycles. The number of rotatable bonds is 5. The largest absolute Gasteiger partial charge is 0.488 e. The van der Waals surface area contributed by atoms with Gasteiger partial charge in [-0.3, -0.25) is 4.90 Å². The van der Waals surface area contributed by atoms with Crippen molar-refractivity contribution in [1.82, 2.24) is 4.90 Å². The number of benzene rings is 2. The van der Waals surface area contributed by atoms with Gasteiger partial charge in [0.15, 0.2) is 6.10 Å². The van der Waals surface area contributed by atoms with Crippen LogP contribution in [0.15, 0.2) is 47.6 Å². The van der Waals surface area contributed by atoms with E-state index in [1.54, 1.807) is 6.07 Å². The fraction of sp³-hybridized carbons (Fsp3) is 0.350. The summed E-state index contributed by atoms with van der Waals surface area (Å²) in [6.45, 7) is 1.77. The van der Waals surface area contributed by atoms with Crippen molar-refractivity contribution < 1.29 is 19.1 Å². The lowest BCUT2D eigenvalue weighted by Gasteiger charge is -2.36. The number of likely N-dealkylation sites (N-methyl/N-ethyl adjacent to an activating group) is 1. The van der Waals surface area contributed by atoms with Gasteiger partial charge in [-0.1, -0.05) is 29.4 Å². The zero-order valence-corrected chi connectivity index (χ0v) is 14.6. The highest BCUT2D eigenvalue weighted by Crippen LogP contribution is 2.28. The monoisotopic (exact) mass is 356 g/mol. The van der Waals surface area contributed by atoms with Gasteiger partial charge in [-0.05, 0) is 30.8 Å². The fourth-order valence-electron chi connectivity index (χ4n) is 3.25. The van der Waals surface area contributed by atoms with E-state index >= 15 is 0 Å². The average Bonchev–Trinajstić information content (AvgIpc) is 3.10. The summed E-state index contributed by atoms with van der Waals surface area (Å²) in [5.74, 6) is 0.489. The van der Waals surface area contributed by atoms with Crippen molar-refractivity contribution >= 4 is 5.71 Å². The Kier molecular flexibility index (Phi) is 4.61. The van der Waals surface area contributed by atoms with Crippen LogP contribution in [0.1, 0.15) is 12.0 Å². The van der Waals surface area contributed by atoms with Gasteiger partial charge in [0.25, 0.3) is 0 Å². The van der Waals surface area contributed by atoms with Crippen molar-refractivity contribution in [3.8, 4) is 16.9 Å². The van der Waals surface area contributed by atoms with Crippen LogP contribution in [0.4, 0.5) is 4.39 Å². The van der Waals surface area contributed by atoms with E-state index < -0.39 is 0 Å². The van der Waals surface area contributed by atoms with Crippen molar-refractivity contribution in [1.29, 1.82) is 0 Å². The van der Waals surface area contributed by atoms with Crippen molar-refractivity contribution in [2.24, 2.45) is 5.16 Å². The lowest BCUT2D eigenvalue weighted by Crippen LogP contribution is -2.51. The van der Waals surface area contributed by atoms with E-state index in [9.17, 15) is 4.39 Å². The summed E-state index contributed by atoms with van der Waals surface area (Å²) in [6, 6.07) is 12.5. The highest BCUT2D eigenvalue weighted by atomic mass is 19.1. The van der Waals surface area contributed by atoms with Gasteiger partial charge < -0.3 is 14.7 Å². The van der Waals surface area contributed by atoms with E-state index in [2.05, 4.69) is 17.1 Å². The maximum Gasteiger partial charge on any atom is 0.156 e. The van der Waals surface area contributed by atoms with Gasteiger partial charge >= 0.3 is 0 Å². The molecule has 2 aromatic rings. The second-order valence-electron chi connectivity index (χ2n) is 6.83. The van der Waals surface area contributed by atoms with E-state index in [-0.39, 0.29) is 24.6 Å². The smallest absolute Gasteiger partial charge is 0.156 e. The number of hydrogen-bond acceptors (Lipinski definition) is 5. The highest BCUT2D eigenvalue weighted by Gasteiger charge is 2.25. The van der Waals surface area contributed by atoms with E-state index in [4.69, 9.17) is 14.7 Å². The molecule has 0 amide bonds. The van der Waals surface area contributed by atoms with Gasteiger partial charge in [-0.15, -0.1) is 0 Å². The molecular weight excluding hydrogens is 335 g/mol. The van der Waals surface area contributed by atoms with Gasteiger partial charge in [0.05, 0.1) is 12.3 Å². The maximum absolute atomic E-state index is 14.6. The Hall–Kier alpha value is -2.44. The molecule has 0 aliphatic carbocycles. The Bertz CT molecular complexity index is 816. The summed E-state index contributed by atoms with van der Waals surface area (Å²) >= 11 is 0. The molecule has 0 bridgehead atoms. The van der Waals surface area contributed by atoms with Crippen LogP contribution in [0.25, 0.3) is 11.1 Å². The third-order valence-corrected chi connectivity index (χ3v) is 4.74. The van der Waals surface area contributed by atoms with Crippen LogP contribution in [0.5, 0.6) is 5.75 Å². The molecule has 0 radical (unpaired) electrons. The summed E-state index contributed by atoms with van der Waals surface area (Å²) in [5.41, 5.74) is 2.66. The number of aliphatic hydroxyl groups is 1. The Labute approximate surface area is 151 Å². The Morgan fingerprint density at radius 2 is 1.92 bits per heavy atom. The number of nitrogens with zero attached hydrogens (tertiary/aromatic N) is 2. The molecule has 1 saturated heterocycles. The summed E-state index contributed by atoms with van der Waals surface area (Å²) < 4.78 is 20.5. The van der Waals surface area contributed by atoms with Crippen LogP contribution in [0.3, 0.4) is 0 Å². The Morgan fingerprint density at radius 3 is 2.54 bits per heavy atom. The molecule has 0 saturated carbocycles. The zero-order valence-electron chi connectivity index (χ0n) is 14.6. The SMILES string of the molecule is CN1CC(Oc2ccc(-c3ccc(C4=NO[C@@H](CO)C4)cc3F)cc2)C1. The van der Waals surface area contributed by atoms with Gasteiger partial charge in [0.1, 0.15) is 17.7 Å². The second kappa shape index (κ2) is 7.05. The third-order valence-electron chi connectivity index (χ3n) is 4.74. The summed E-state index contributed by atoms with van der Waals surface area (Å²) in [4.78, 5) is 7.28. The maximum atomic E-state index is 14.6. The summed E-state index contributed by atoms with van der Waals surface area (Å²) in [5, 5.41) is 13.0. The first-order chi connectivity index (χ1) is 12.6. The number of aliphatic hydroxyl groups excluding tert-OH is 1. The molecular formula is C20H21FN2O3. The molecule has 0 aromatic heterocycles. The van der Waals surface area contributed by atoms with Crippen molar-refractivity contribution in [3.05, 3.63) is 53.8 Å². The quantitative estimate of drug-likeness (QED) is 0.895. The summed E-state index contributed by atoms with van der Waals surface area (Å²) in [7, 11) is 2.06. The van der Waals surface area contributed by atoms with Gasteiger partial charge in [-0.25, -0.2) is 4.39 Å². The summed E-state index contributed by atoms with van der Waals surface area (Å²) in [6.07, 6.45) is 0.382. The van der Waals surface area contributed by atoms with Crippen molar-refractivity contribution in [3.63, 3.8) is 0 Å². The predicted molar refractivity (Wildman–Crippen MR) is 96.9 cm³/mol. The number of likely N-dealkylation sites (tertiary alicyclic amines) is 1. The van der Waals surface area contributed by atoms with Gasteiger partial charge in [-0.2, -0.15) is 0 Å². The normalized spacial score (nSPS) is 20.4. The lowest BCUT2D eigenvalue weighted by molar-refractivity contribution is 0.0388. The van der Waals surface area contributed by atoms with Crippen LogP contribution < -0.4 is 4.74 Å². The zero-order chi connectivity index (χ0) is 18.1. The minimum Gasteiger partial charge on any atom is -0.488 e. The van der Waals surface area contributed by atoms with Crippen LogP contribution in [0.2, 0.25) is 0 Å². The van der Waals surface area contributed by atoms with Crippen molar-refractivity contribution in [2.45, 2.75) is 18.6 Å². The molecule has 0 unspecified atom stereocenters. The highest BCUT2D eigenvalue weighted by molar-refractivity contribution is 6.01. The van der Waals surface area contributed by atoms with Crippen LogP contribution in [-0.2, 0) is 4.84 Å². The molecule has 6 heteroatoms. The Morgan fingerprint density at radius 1 is 1.19 bits per heavy atom. The minimum absolute atomic E-state index is 0.0981. The van der Waals surface area contributed by atoms with Gasteiger partial charge in [0.2, 0.25) is 0 Å². The first-order valence-electron chi connectivity index (χ1n) is 8.71. The minimum atomic E-state index is -0.337. The molecule has 2 aliphatic rings. The number of hydrogen-bond donors (Lipinski definition) is 1. The third kappa shape index (κ3) is 3.43. The van der Waals surface area contributed by atoms with Crippen LogP contribution >= 0.6 is 0 Å². The molecule has 0 spiro atoms. The van der Waals surface area contributed by atoms with Crippen LogP contribution in [0, 0.1) is 5.82 Å².